The van der Waals surface area contributed by atoms with E-state index in [1.807, 2.05) is 5.32 Å². The molecule has 7 nitrogen and oxygen atoms in total. The van der Waals surface area contributed by atoms with Gasteiger partial charge in [0.25, 0.3) is 0 Å². The Labute approximate surface area is 160 Å². The maximum absolute atomic E-state index is 12.0. The predicted octanol–water partition coefficient (Wildman–Crippen LogP) is 1.53. The molecule has 0 heterocycles. The van der Waals surface area contributed by atoms with Crippen LogP contribution in [0.1, 0.15) is 53.4 Å². The number of nitrogens with one attached hydrogen (secondary N) is 1. The SMILES string of the molecule is CC(C)N(CCN(CCCCCCNC(=O)C(F)(F)F)OP([O-])[O-])C(C)C. The van der Waals surface area contributed by atoms with Crippen molar-refractivity contribution < 1.29 is 32.4 Å². The molecule has 1 amide bonds. The molecule has 0 aliphatic carbocycles. The van der Waals surface area contributed by atoms with Gasteiger partial charge >= 0.3 is 12.1 Å². The first-order chi connectivity index (χ1) is 12.4. The highest BCUT2D eigenvalue weighted by Crippen LogP contribution is 2.18. The van der Waals surface area contributed by atoms with E-state index in [2.05, 4.69) is 32.6 Å². The largest absolute Gasteiger partial charge is 0.819 e. The molecule has 1 N–H and O–H groups in total. The van der Waals surface area contributed by atoms with Crippen LogP contribution >= 0.6 is 8.60 Å². The van der Waals surface area contributed by atoms with Crippen LogP contribution in [0.15, 0.2) is 0 Å². The Morgan fingerprint density at radius 1 is 1.00 bits per heavy atom. The van der Waals surface area contributed by atoms with Crippen LogP contribution in [0.5, 0.6) is 0 Å². The van der Waals surface area contributed by atoms with Crippen molar-refractivity contribution in [1.29, 1.82) is 0 Å². The average molecular weight is 417 g/mol. The van der Waals surface area contributed by atoms with Gasteiger partial charge in [-0.15, -0.1) is 8.60 Å². The Balaban J connectivity index is 4.09. The number of hydrogen-bond acceptors (Lipinski definition) is 6. The number of rotatable bonds is 14. The normalized spacial score (nSPS) is 12.8. The Hall–Kier alpha value is -0.510. The van der Waals surface area contributed by atoms with Gasteiger partial charge < -0.3 is 19.7 Å². The predicted molar refractivity (Wildman–Crippen MR) is 94.1 cm³/mol. The van der Waals surface area contributed by atoms with E-state index >= 15 is 0 Å². The lowest BCUT2D eigenvalue weighted by Gasteiger charge is -2.38. The van der Waals surface area contributed by atoms with Crippen molar-refractivity contribution in [3.05, 3.63) is 0 Å². The quantitative estimate of drug-likeness (QED) is 0.262. The minimum Gasteiger partial charge on any atom is -0.819 e. The summed E-state index contributed by atoms with van der Waals surface area (Å²) in [6.45, 7) is 9.72. The summed E-state index contributed by atoms with van der Waals surface area (Å²) >= 11 is 0. The van der Waals surface area contributed by atoms with Gasteiger partial charge in [0, 0.05) is 38.3 Å². The molecule has 0 radical (unpaired) electrons. The first kappa shape index (κ1) is 26.5. The molecule has 0 aromatic heterocycles. The molecule has 27 heavy (non-hydrogen) atoms. The van der Waals surface area contributed by atoms with E-state index in [1.165, 1.54) is 5.06 Å². The van der Waals surface area contributed by atoms with Crippen molar-refractivity contribution in [1.82, 2.24) is 15.3 Å². The van der Waals surface area contributed by atoms with Crippen molar-refractivity contribution in [3.63, 3.8) is 0 Å². The maximum atomic E-state index is 12.0. The molecule has 0 aliphatic rings. The molecule has 0 saturated heterocycles. The molecule has 0 rings (SSSR count). The molecule has 0 unspecified atom stereocenters. The fourth-order valence-corrected chi connectivity index (χ4v) is 3.05. The highest BCUT2D eigenvalue weighted by Gasteiger charge is 2.38. The van der Waals surface area contributed by atoms with E-state index in [0.717, 1.165) is 0 Å². The van der Waals surface area contributed by atoms with E-state index in [0.29, 0.717) is 57.4 Å². The zero-order chi connectivity index (χ0) is 21.0. The van der Waals surface area contributed by atoms with Crippen LogP contribution in [-0.4, -0.2) is 60.3 Å². The second kappa shape index (κ2) is 13.6. The third kappa shape index (κ3) is 13.3. The van der Waals surface area contributed by atoms with Gasteiger partial charge in [-0.05, 0) is 40.5 Å². The monoisotopic (exact) mass is 417 g/mol. The zero-order valence-electron chi connectivity index (χ0n) is 16.4. The van der Waals surface area contributed by atoms with Gasteiger partial charge in [0.1, 0.15) is 0 Å². The Morgan fingerprint density at radius 3 is 2.04 bits per heavy atom. The fraction of sp³-hybridized carbons (Fsp3) is 0.938. The number of hydroxylamine groups is 2. The molecule has 0 fully saturated rings. The average Bonchev–Trinajstić information content (AvgIpc) is 2.51. The van der Waals surface area contributed by atoms with Crippen molar-refractivity contribution in [2.24, 2.45) is 0 Å². The van der Waals surface area contributed by atoms with Crippen LogP contribution in [0.2, 0.25) is 0 Å². The lowest BCUT2D eigenvalue weighted by atomic mass is 10.2. The number of amides is 1. The summed E-state index contributed by atoms with van der Waals surface area (Å²) in [6, 6.07) is 0.638. The Morgan fingerprint density at radius 2 is 1.56 bits per heavy atom. The van der Waals surface area contributed by atoms with Crippen LogP contribution in [-0.2, 0) is 9.42 Å². The third-order valence-electron chi connectivity index (χ3n) is 3.99. The molecule has 0 aromatic rings. The van der Waals surface area contributed by atoms with Crippen molar-refractivity contribution in [2.45, 2.75) is 71.6 Å². The molecular weight excluding hydrogens is 386 g/mol. The fourth-order valence-electron chi connectivity index (χ4n) is 2.70. The molecule has 0 spiro atoms. The Kier molecular flexibility index (Phi) is 13.4. The molecular formula is C16H31F3N3O4P-2. The molecule has 0 saturated carbocycles. The summed E-state index contributed by atoms with van der Waals surface area (Å²) in [6.07, 6.45) is -2.48. The number of hydrogen-bond donors (Lipinski definition) is 1. The summed E-state index contributed by atoms with van der Waals surface area (Å²) in [4.78, 5) is 34.6. The number of alkyl halides is 3. The summed E-state index contributed by atoms with van der Waals surface area (Å²) in [7, 11) is -3.00. The van der Waals surface area contributed by atoms with E-state index in [4.69, 9.17) is 4.62 Å². The van der Waals surface area contributed by atoms with E-state index in [1.54, 1.807) is 0 Å². The first-order valence-corrected chi connectivity index (χ1v) is 10.2. The lowest BCUT2D eigenvalue weighted by molar-refractivity contribution is -0.339. The molecule has 0 bridgehead atoms. The molecule has 0 aromatic carbocycles. The standard InChI is InChI=1S/C16H31F3N3O4P/c1-13(2)22(14(3)4)12-11-21(26-27(24)25)10-8-6-5-7-9-20-15(23)16(17,18)19/h13-14H,5-12H2,1-4H3,(H,20,23)/q-2. The molecule has 0 atom stereocenters. The van der Waals surface area contributed by atoms with Gasteiger partial charge in [0.2, 0.25) is 0 Å². The van der Waals surface area contributed by atoms with Gasteiger partial charge in [-0.3, -0.25) is 9.69 Å². The molecule has 0 aliphatic heterocycles. The number of carbonyl (C=O) groups excluding carboxylic acids is 1. The number of carbonyl (C=O) groups is 1. The first-order valence-electron chi connectivity index (χ1n) is 9.13. The van der Waals surface area contributed by atoms with E-state index < -0.39 is 20.7 Å². The van der Waals surface area contributed by atoms with Gasteiger partial charge in [-0.25, -0.2) is 0 Å². The maximum Gasteiger partial charge on any atom is 0.471 e. The van der Waals surface area contributed by atoms with Crippen molar-refractivity contribution >= 4 is 14.5 Å². The smallest absolute Gasteiger partial charge is 0.471 e. The van der Waals surface area contributed by atoms with Crippen molar-refractivity contribution in [3.8, 4) is 0 Å². The van der Waals surface area contributed by atoms with Crippen LogP contribution in [0, 0.1) is 0 Å². The number of unbranched alkanes of at least 4 members (excludes halogenated alkanes) is 3. The zero-order valence-corrected chi connectivity index (χ0v) is 17.3. The van der Waals surface area contributed by atoms with Gasteiger partial charge in [-0.2, -0.15) is 18.2 Å². The number of halogens is 3. The highest BCUT2D eigenvalue weighted by atomic mass is 31.2. The minimum atomic E-state index is -4.85. The third-order valence-corrected chi connectivity index (χ3v) is 4.36. The summed E-state index contributed by atoms with van der Waals surface area (Å²) < 4.78 is 40.9. The summed E-state index contributed by atoms with van der Waals surface area (Å²) in [5.41, 5.74) is 0. The molecule has 11 heteroatoms. The second-order valence-corrected chi connectivity index (χ2v) is 7.44. The summed E-state index contributed by atoms with van der Waals surface area (Å²) in [5, 5.41) is 3.22. The topological polar surface area (TPSA) is 90.9 Å². The van der Waals surface area contributed by atoms with Crippen LogP contribution < -0.4 is 15.1 Å². The Bertz CT molecular complexity index is 405. The van der Waals surface area contributed by atoms with Crippen LogP contribution in [0.4, 0.5) is 13.2 Å². The summed E-state index contributed by atoms with van der Waals surface area (Å²) in [5.74, 6) is -1.93. The molecule has 162 valence electrons. The van der Waals surface area contributed by atoms with Crippen molar-refractivity contribution in [2.75, 3.05) is 26.2 Å². The van der Waals surface area contributed by atoms with Crippen LogP contribution in [0.3, 0.4) is 0 Å². The van der Waals surface area contributed by atoms with Gasteiger partial charge in [-0.1, -0.05) is 12.8 Å². The van der Waals surface area contributed by atoms with E-state index in [-0.39, 0.29) is 6.54 Å². The van der Waals surface area contributed by atoms with Crippen LogP contribution in [0.25, 0.3) is 0 Å². The van der Waals surface area contributed by atoms with Gasteiger partial charge in [0.05, 0.1) is 0 Å². The number of nitrogens with zero attached hydrogens (tertiary/aromatic N) is 2. The lowest BCUT2D eigenvalue weighted by Crippen LogP contribution is -2.43. The van der Waals surface area contributed by atoms with E-state index in [9.17, 15) is 27.8 Å². The minimum absolute atomic E-state index is 0.0390. The second-order valence-electron chi connectivity index (χ2n) is 6.83. The highest BCUT2D eigenvalue weighted by molar-refractivity contribution is 7.36. The van der Waals surface area contributed by atoms with Gasteiger partial charge in [0.15, 0.2) is 0 Å².